The van der Waals surface area contributed by atoms with Gasteiger partial charge in [-0.15, -0.1) is 0 Å². The number of aliphatic hydroxyl groups excluding tert-OH is 1. The molecule has 1 aromatic heterocycles. The fourth-order valence-electron chi connectivity index (χ4n) is 3.90. The number of hydrogen-bond acceptors (Lipinski definition) is 3. The zero-order chi connectivity index (χ0) is 19.5. The number of alkyl halides is 7. The molecular weight excluding hydrogens is 373 g/mol. The number of aliphatic hydroxyl groups is 1. The maximum absolute atomic E-state index is 13.7. The molecule has 1 fully saturated rings. The van der Waals surface area contributed by atoms with E-state index in [-0.39, 0.29) is 37.4 Å². The van der Waals surface area contributed by atoms with Crippen LogP contribution in [0.4, 0.5) is 30.7 Å². The predicted octanol–water partition coefficient (Wildman–Crippen LogP) is 3.92. The molecule has 0 saturated heterocycles. The van der Waals surface area contributed by atoms with Crippen molar-refractivity contribution in [1.82, 2.24) is 9.78 Å². The molecule has 26 heavy (non-hydrogen) atoms. The Hall–Kier alpha value is -1.36. The third-order valence-corrected chi connectivity index (χ3v) is 4.98. The second-order valence-electron chi connectivity index (χ2n) is 7.16. The number of aromatic nitrogens is 2. The standard InChI is InChI=1S/C15H17F7N2O2/c1-13(26-12(16)17)4-7(5-13)6-24-8-2-3-14(18,19)11(25)9(8)10(23-24)15(20,21)22/h7,11-12,25H,2-6H2,1H3. The molecule has 1 unspecified atom stereocenters. The number of halogens is 7. The molecule has 1 N–H and O–H groups in total. The normalized spacial score (nSPS) is 31.0. The Balaban J connectivity index is 1.84. The van der Waals surface area contributed by atoms with Gasteiger partial charge in [0, 0.05) is 24.2 Å². The summed E-state index contributed by atoms with van der Waals surface area (Å²) >= 11 is 0. The summed E-state index contributed by atoms with van der Waals surface area (Å²) in [6.07, 6.45) is -8.35. The van der Waals surface area contributed by atoms with Gasteiger partial charge < -0.3 is 9.84 Å². The molecule has 2 aliphatic rings. The van der Waals surface area contributed by atoms with Crippen LogP contribution >= 0.6 is 0 Å². The molecule has 4 nitrogen and oxygen atoms in total. The summed E-state index contributed by atoms with van der Waals surface area (Å²) in [5.74, 6) is -3.94. The van der Waals surface area contributed by atoms with Crippen LogP contribution in [0.1, 0.15) is 49.2 Å². The fraction of sp³-hybridized carbons (Fsp3) is 0.800. The third kappa shape index (κ3) is 3.42. The summed E-state index contributed by atoms with van der Waals surface area (Å²) in [6, 6.07) is 0. The van der Waals surface area contributed by atoms with Crippen molar-refractivity contribution in [2.45, 2.75) is 69.6 Å². The molecule has 1 aromatic rings. The van der Waals surface area contributed by atoms with Crippen LogP contribution in [0.5, 0.6) is 0 Å². The van der Waals surface area contributed by atoms with Crippen LogP contribution in [0, 0.1) is 5.92 Å². The van der Waals surface area contributed by atoms with Crippen molar-refractivity contribution >= 4 is 0 Å². The second-order valence-corrected chi connectivity index (χ2v) is 7.16. The van der Waals surface area contributed by atoms with Crippen LogP contribution in [0.2, 0.25) is 0 Å². The van der Waals surface area contributed by atoms with Gasteiger partial charge in [-0.3, -0.25) is 4.68 Å². The Kier molecular flexibility index (Phi) is 4.54. The SMILES string of the molecule is CC1(OC(F)F)CC(Cn2nc(C(F)(F)F)c3c2CCC(F)(F)C3O)C1. The van der Waals surface area contributed by atoms with E-state index >= 15 is 0 Å². The van der Waals surface area contributed by atoms with E-state index in [9.17, 15) is 35.8 Å². The van der Waals surface area contributed by atoms with Crippen molar-refractivity contribution in [1.29, 1.82) is 0 Å². The molecule has 0 bridgehead atoms. The average molecular weight is 390 g/mol. The van der Waals surface area contributed by atoms with Gasteiger partial charge in [0.15, 0.2) is 5.69 Å². The van der Waals surface area contributed by atoms with Gasteiger partial charge in [0.1, 0.15) is 6.10 Å². The van der Waals surface area contributed by atoms with E-state index in [0.717, 1.165) is 4.68 Å². The Morgan fingerprint density at radius 1 is 1.31 bits per heavy atom. The maximum Gasteiger partial charge on any atom is 0.435 e. The lowest BCUT2D eigenvalue weighted by atomic mass is 9.72. The van der Waals surface area contributed by atoms with Crippen LogP contribution in [0.25, 0.3) is 0 Å². The number of fused-ring (bicyclic) bond motifs is 1. The molecule has 0 aliphatic heterocycles. The number of hydrogen-bond donors (Lipinski definition) is 1. The van der Waals surface area contributed by atoms with E-state index in [1.165, 1.54) is 6.92 Å². The van der Waals surface area contributed by atoms with Gasteiger partial charge in [-0.05, 0) is 32.1 Å². The van der Waals surface area contributed by atoms with Gasteiger partial charge in [-0.2, -0.15) is 27.1 Å². The minimum absolute atomic E-state index is 0.0428. The van der Waals surface area contributed by atoms with Gasteiger partial charge in [-0.25, -0.2) is 8.78 Å². The van der Waals surface area contributed by atoms with Gasteiger partial charge in [-0.1, -0.05) is 0 Å². The Bertz CT molecular complexity index is 680. The van der Waals surface area contributed by atoms with Crippen LogP contribution in [-0.2, 0) is 23.9 Å². The number of nitrogens with zero attached hydrogens (tertiary/aromatic N) is 2. The zero-order valence-corrected chi connectivity index (χ0v) is 13.7. The largest absolute Gasteiger partial charge is 0.435 e. The highest BCUT2D eigenvalue weighted by Crippen LogP contribution is 2.48. The minimum Gasteiger partial charge on any atom is -0.382 e. The molecule has 0 aromatic carbocycles. The van der Waals surface area contributed by atoms with E-state index in [1.54, 1.807) is 0 Å². The van der Waals surface area contributed by atoms with E-state index < -0.39 is 48.1 Å². The fourth-order valence-corrected chi connectivity index (χ4v) is 3.90. The van der Waals surface area contributed by atoms with Gasteiger partial charge in [0.25, 0.3) is 5.92 Å². The van der Waals surface area contributed by atoms with Crippen molar-refractivity contribution in [3.05, 3.63) is 17.0 Å². The van der Waals surface area contributed by atoms with E-state index in [0.29, 0.717) is 0 Å². The van der Waals surface area contributed by atoms with Crippen LogP contribution in [0.3, 0.4) is 0 Å². The first-order valence-corrected chi connectivity index (χ1v) is 8.01. The third-order valence-electron chi connectivity index (χ3n) is 4.98. The quantitative estimate of drug-likeness (QED) is 0.793. The molecule has 148 valence electrons. The van der Waals surface area contributed by atoms with Crippen molar-refractivity contribution in [3.8, 4) is 0 Å². The summed E-state index contributed by atoms with van der Waals surface area (Å²) in [6.45, 7) is -1.52. The van der Waals surface area contributed by atoms with Gasteiger partial charge in [0.2, 0.25) is 0 Å². The summed E-state index contributed by atoms with van der Waals surface area (Å²) in [4.78, 5) is 0. The van der Waals surface area contributed by atoms with E-state index in [2.05, 4.69) is 9.84 Å². The summed E-state index contributed by atoms with van der Waals surface area (Å²) in [7, 11) is 0. The Labute approximate surface area is 143 Å². The lowest BCUT2D eigenvalue weighted by molar-refractivity contribution is -0.240. The van der Waals surface area contributed by atoms with Crippen molar-refractivity contribution in [2.75, 3.05) is 0 Å². The molecule has 0 amide bonds. The molecule has 11 heteroatoms. The van der Waals surface area contributed by atoms with Crippen molar-refractivity contribution in [3.63, 3.8) is 0 Å². The smallest absolute Gasteiger partial charge is 0.382 e. The first-order chi connectivity index (χ1) is 11.8. The predicted molar refractivity (Wildman–Crippen MR) is 73.7 cm³/mol. The van der Waals surface area contributed by atoms with Gasteiger partial charge in [0.05, 0.1) is 5.60 Å². The first-order valence-electron chi connectivity index (χ1n) is 8.01. The highest BCUT2D eigenvalue weighted by Gasteiger charge is 2.52. The highest BCUT2D eigenvalue weighted by atomic mass is 19.4. The summed E-state index contributed by atoms with van der Waals surface area (Å²) in [5, 5.41) is 13.1. The highest BCUT2D eigenvalue weighted by molar-refractivity contribution is 5.35. The Morgan fingerprint density at radius 2 is 1.92 bits per heavy atom. The topological polar surface area (TPSA) is 47.3 Å². The number of rotatable bonds is 4. The lowest BCUT2D eigenvalue weighted by Gasteiger charge is -2.44. The molecule has 1 atom stereocenters. The second kappa shape index (κ2) is 6.08. The summed E-state index contributed by atoms with van der Waals surface area (Å²) in [5.41, 5.74) is -3.56. The maximum atomic E-state index is 13.7. The molecule has 2 aliphatic carbocycles. The van der Waals surface area contributed by atoms with Gasteiger partial charge >= 0.3 is 12.8 Å². The van der Waals surface area contributed by atoms with E-state index in [1.807, 2.05) is 0 Å². The molecule has 0 radical (unpaired) electrons. The average Bonchev–Trinajstić information content (AvgIpc) is 2.80. The molecule has 0 spiro atoms. The van der Waals surface area contributed by atoms with Crippen LogP contribution in [-0.4, -0.2) is 33.0 Å². The molecular formula is C15H17F7N2O2. The van der Waals surface area contributed by atoms with Crippen molar-refractivity contribution in [2.24, 2.45) is 5.92 Å². The Morgan fingerprint density at radius 3 is 2.46 bits per heavy atom. The lowest BCUT2D eigenvalue weighted by Crippen LogP contribution is -2.46. The minimum atomic E-state index is -4.99. The molecule has 3 rings (SSSR count). The summed E-state index contributed by atoms with van der Waals surface area (Å²) < 4.78 is 97.0. The molecule has 1 saturated carbocycles. The number of ether oxygens (including phenoxy) is 1. The monoisotopic (exact) mass is 390 g/mol. The molecule has 1 heterocycles. The van der Waals surface area contributed by atoms with Crippen LogP contribution < -0.4 is 0 Å². The van der Waals surface area contributed by atoms with E-state index in [4.69, 9.17) is 0 Å². The van der Waals surface area contributed by atoms with Crippen LogP contribution in [0.15, 0.2) is 0 Å². The zero-order valence-electron chi connectivity index (χ0n) is 13.7. The van der Waals surface area contributed by atoms with Crippen molar-refractivity contribution < 1.29 is 40.6 Å². The first kappa shape index (κ1) is 19.4.